The average molecular weight is 266 g/mol. The molecule has 1 heterocycles. The maximum Gasteiger partial charge on any atom is 0.130 e. The molecule has 1 aliphatic rings. The van der Waals surface area contributed by atoms with Crippen LogP contribution in [0.15, 0.2) is 18.2 Å². The zero-order chi connectivity index (χ0) is 14.0. The molecule has 2 rings (SSSR count). The van der Waals surface area contributed by atoms with Crippen LogP contribution >= 0.6 is 0 Å². The van der Waals surface area contributed by atoms with Gasteiger partial charge in [-0.15, -0.1) is 0 Å². The SMILES string of the molecule is CNC(C)c1c(F)cccc1N1CCOC(C)(C)C1. The number of ether oxygens (including phenoxy) is 1. The number of halogens is 1. The van der Waals surface area contributed by atoms with Gasteiger partial charge in [0.2, 0.25) is 0 Å². The molecule has 3 nitrogen and oxygen atoms in total. The van der Waals surface area contributed by atoms with Gasteiger partial charge in [-0.05, 0) is 40.0 Å². The molecular weight excluding hydrogens is 243 g/mol. The van der Waals surface area contributed by atoms with Crippen molar-refractivity contribution in [1.29, 1.82) is 0 Å². The van der Waals surface area contributed by atoms with Gasteiger partial charge in [-0.1, -0.05) is 6.07 Å². The minimum atomic E-state index is -0.190. The second-order valence-electron chi connectivity index (χ2n) is 5.71. The molecule has 106 valence electrons. The van der Waals surface area contributed by atoms with E-state index < -0.39 is 0 Å². The minimum Gasteiger partial charge on any atom is -0.372 e. The molecule has 0 aliphatic carbocycles. The second-order valence-corrected chi connectivity index (χ2v) is 5.71. The Balaban J connectivity index is 2.36. The van der Waals surface area contributed by atoms with E-state index in [1.807, 2.05) is 20.0 Å². The normalized spacial score (nSPS) is 20.4. The standard InChI is InChI=1S/C15H23FN2O/c1-11(17-4)14-12(16)6-5-7-13(14)18-8-9-19-15(2,3)10-18/h5-7,11,17H,8-10H2,1-4H3. The van der Waals surface area contributed by atoms with Crippen LogP contribution in [0.25, 0.3) is 0 Å². The third-order valence-corrected chi connectivity index (χ3v) is 3.66. The number of hydrogen-bond acceptors (Lipinski definition) is 3. The van der Waals surface area contributed by atoms with Gasteiger partial charge < -0.3 is 15.0 Å². The van der Waals surface area contributed by atoms with Crippen LogP contribution in [0.1, 0.15) is 32.4 Å². The molecular formula is C15H23FN2O. The van der Waals surface area contributed by atoms with E-state index >= 15 is 0 Å². The second kappa shape index (κ2) is 5.47. The van der Waals surface area contributed by atoms with Crippen molar-refractivity contribution in [3.8, 4) is 0 Å². The summed E-state index contributed by atoms with van der Waals surface area (Å²) in [5, 5.41) is 3.12. The van der Waals surface area contributed by atoms with Crippen LogP contribution in [0.2, 0.25) is 0 Å². The fourth-order valence-electron chi connectivity index (χ4n) is 2.60. The van der Waals surface area contributed by atoms with Gasteiger partial charge in [0.05, 0.1) is 12.2 Å². The van der Waals surface area contributed by atoms with Crippen LogP contribution in [-0.2, 0) is 4.74 Å². The van der Waals surface area contributed by atoms with Crippen molar-refractivity contribution in [3.05, 3.63) is 29.6 Å². The molecule has 19 heavy (non-hydrogen) atoms. The Bertz CT molecular complexity index is 448. The highest BCUT2D eigenvalue weighted by molar-refractivity contribution is 5.56. The number of rotatable bonds is 3. The predicted molar refractivity (Wildman–Crippen MR) is 76.1 cm³/mol. The number of nitrogens with one attached hydrogen (secondary N) is 1. The van der Waals surface area contributed by atoms with Gasteiger partial charge in [-0.3, -0.25) is 0 Å². The molecule has 0 saturated carbocycles. The highest BCUT2D eigenvalue weighted by atomic mass is 19.1. The molecule has 4 heteroatoms. The zero-order valence-electron chi connectivity index (χ0n) is 12.2. The van der Waals surface area contributed by atoms with Crippen LogP contribution in [-0.4, -0.2) is 32.3 Å². The van der Waals surface area contributed by atoms with Gasteiger partial charge in [-0.25, -0.2) is 4.39 Å². The molecule has 0 spiro atoms. The number of benzene rings is 1. The van der Waals surface area contributed by atoms with Crippen molar-refractivity contribution in [1.82, 2.24) is 5.32 Å². The molecule has 1 unspecified atom stereocenters. The Morgan fingerprint density at radius 1 is 1.42 bits per heavy atom. The topological polar surface area (TPSA) is 24.5 Å². The van der Waals surface area contributed by atoms with Gasteiger partial charge >= 0.3 is 0 Å². The lowest BCUT2D eigenvalue weighted by Crippen LogP contribution is -2.48. The highest BCUT2D eigenvalue weighted by Gasteiger charge is 2.29. The summed E-state index contributed by atoms with van der Waals surface area (Å²) >= 11 is 0. The third-order valence-electron chi connectivity index (χ3n) is 3.66. The molecule has 0 amide bonds. The molecule has 1 N–H and O–H groups in total. The number of anilines is 1. The smallest absolute Gasteiger partial charge is 0.130 e. The van der Waals surface area contributed by atoms with Crippen LogP contribution in [0.5, 0.6) is 0 Å². The fraction of sp³-hybridized carbons (Fsp3) is 0.600. The first-order chi connectivity index (χ1) is 8.94. The first-order valence-corrected chi connectivity index (χ1v) is 6.79. The molecule has 1 saturated heterocycles. The summed E-state index contributed by atoms with van der Waals surface area (Å²) in [4.78, 5) is 2.22. The monoisotopic (exact) mass is 266 g/mol. The van der Waals surface area contributed by atoms with Gasteiger partial charge in [0, 0.05) is 30.4 Å². The summed E-state index contributed by atoms with van der Waals surface area (Å²) in [7, 11) is 1.85. The largest absolute Gasteiger partial charge is 0.372 e. The lowest BCUT2D eigenvalue weighted by molar-refractivity contribution is -0.0277. The molecule has 0 bridgehead atoms. The summed E-state index contributed by atoms with van der Waals surface area (Å²) in [6.07, 6.45) is 0. The van der Waals surface area contributed by atoms with E-state index in [9.17, 15) is 4.39 Å². The summed E-state index contributed by atoms with van der Waals surface area (Å²) in [5.41, 5.74) is 1.52. The van der Waals surface area contributed by atoms with Crippen LogP contribution in [0, 0.1) is 5.82 Å². The molecule has 1 aliphatic heterocycles. The van der Waals surface area contributed by atoms with Crippen molar-refractivity contribution in [2.45, 2.75) is 32.4 Å². The minimum absolute atomic E-state index is 0.0119. The first kappa shape index (κ1) is 14.3. The Hall–Kier alpha value is -1.13. The number of morpholine rings is 1. The number of nitrogens with zero attached hydrogens (tertiary/aromatic N) is 1. The van der Waals surface area contributed by atoms with Crippen LogP contribution in [0.4, 0.5) is 10.1 Å². The van der Waals surface area contributed by atoms with Crippen molar-refractivity contribution in [2.75, 3.05) is 31.6 Å². The molecule has 1 aromatic rings. The van der Waals surface area contributed by atoms with Crippen molar-refractivity contribution >= 4 is 5.69 Å². The lowest BCUT2D eigenvalue weighted by Gasteiger charge is -2.40. The van der Waals surface area contributed by atoms with Crippen LogP contribution in [0.3, 0.4) is 0 Å². The summed E-state index contributed by atoms with van der Waals surface area (Å²) < 4.78 is 19.9. The fourth-order valence-corrected chi connectivity index (χ4v) is 2.60. The number of hydrogen-bond donors (Lipinski definition) is 1. The molecule has 1 fully saturated rings. The Morgan fingerprint density at radius 2 is 2.16 bits per heavy atom. The van der Waals surface area contributed by atoms with Crippen molar-refractivity contribution < 1.29 is 9.13 Å². The maximum absolute atomic E-state index is 14.1. The lowest BCUT2D eigenvalue weighted by atomic mass is 10.0. The quantitative estimate of drug-likeness (QED) is 0.910. The van der Waals surface area contributed by atoms with E-state index in [4.69, 9.17) is 4.74 Å². The highest BCUT2D eigenvalue weighted by Crippen LogP contribution is 2.31. The summed E-state index contributed by atoms with van der Waals surface area (Å²) in [6, 6.07) is 5.28. The average Bonchev–Trinajstić information content (AvgIpc) is 2.36. The van der Waals surface area contributed by atoms with Gasteiger partial charge in [0.1, 0.15) is 5.82 Å². The molecule has 1 aromatic carbocycles. The maximum atomic E-state index is 14.1. The van der Waals surface area contributed by atoms with E-state index in [0.29, 0.717) is 6.61 Å². The van der Waals surface area contributed by atoms with E-state index in [0.717, 1.165) is 24.3 Å². The zero-order valence-corrected chi connectivity index (χ0v) is 12.2. The molecule has 1 atom stereocenters. The predicted octanol–water partition coefficient (Wildman–Crippen LogP) is 2.72. The van der Waals surface area contributed by atoms with Gasteiger partial charge in [0.15, 0.2) is 0 Å². The molecule has 0 radical (unpaired) electrons. The van der Waals surface area contributed by atoms with E-state index in [1.165, 1.54) is 6.07 Å². The third kappa shape index (κ3) is 3.07. The Morgan fingerprint density at radius 3 is 2.79 bits per heavy atom. The van der Waals surface area contributed by atoms with Gasteiger partial charge in [0.25, 0.3) is 0 Å². The Kier molecular flexibility index (Phi) is 4.11. The molecule has 0 aromatic heterocycles. The Labute approximate surface area is 114 Å². The van der Waals surface area contributed by atoms with Crippen molar-refractivity contribution in [2.24, 2.45) is 0 Å². The summed E-state index contributed by atoms with van der Waals surface area (Å²) in [5.74, 6) is -0.149. The van der Waals surface area contributed by atoms with Gasteiger partial charge in [-0.2, -0.15) is 0 Å². The first-order valence-electron chi connectivity index (χ1n) is 6.79. The van der Waals surface area contributed by atoms with E-state index in [1.54, 1.807) is 6.07 Å². The summed E-state index contributed by atoms with van der Waals surface area (Å²) in [6.45, 7) is 8.37. The van der Waals surface area contributed by atoms with E-state index in [2.05, 4.69) is 24.1 Å². The van der Waals surface area contributed by atoms with Crippen LogP contribution < -0.4 is 10.2 Å². The van der Waals surface area contributed by atoms with E-state index in [-0.39, 0.29) is 17.5 Å². The van der Waals surface area contributed by atoms with Crippen molar-refractivity contribution in [3.63, 3.8) is 0 Å².